The van der Waals surface area contributed by atoms with Crippen LogP contribution in [0.1, 0.15) is 41.0 Å². The van der Waals surface area contributed by atoms with Gasteiger partial charge in [0.15, 0.2) is 11.9 Å². The Labute approximate surface area is 208 Å². The number of hydrogen-bond acceptors (Lipinski definition) is 6. The van der Waals surface area contributed by atoms with E-state index in [1.54, 1.807) is 18.5 Å². The van der Waals surface area contributed by atoms with Crippen LogP contribution in [0.15, 0.2) is 58.2 Å². The summed E-state index contributed by atoms with van der Waals surface area (Å²) in [6, 6.07) is 9.14. The van der Waals surface area contributed by atoms with E-state index in [1.807, 2.05) is 29.8 Å². The summed E-state index contributed by atoms with van der Waals surface area (Å²) in [5, 5.41) is 15.5. The Hall–Kier alpha value is -3.73. The fraction of sp³-hybridized carbons (Fsp3) is 0.375. The Morgan fingerprint density at radius 1 is 1.09 bits per heavy atom. The van der Waals surface area contributed by atoms with Gasteiger partial charge >= 0.3 is 0 Å². The van der Waals surface area contributed by atoms with Crippen molar-refractivity contribution in [1.29, 1.82) is 0 Å². The molecule has 184 valence electrons. The molecule has 35 heavy (non-hydrogen) atoms. The molecule has 4 rings (SSSR count). The summed E-state index contributed by atoms with van der Waals surface area (Å²) in [5.74, 6) is 1.10. The minimum Gasteiger partial charge on any atom is -0.356 e. The highest BCUT2D eigenvalue weighted by atomic mass is 32.1. The molecular weight excluding hydrogens is 462 g/mol. The van der Waals surface area contributed by atoms with Gasteiger partial charge in [-0.15, -0.1) is 11.3 Å². The average molecular weight is 494 g/mol. The molecule has 3 heterocycles. The van der Waals surface area contributed by atoms with Gasteiger partial charge in [-0.25, -0.2) is 9.97 Å². The van der Waals surface area contributed by atoms with Crippen molar-refractivity contribution in [1.82, 2.24) is 36.2 Å². The van der Waals surface area contributed by atoms with Crippen molar-refractivity contribution in [2.24, 2.45) is 9.98 Å². The molecule has 0 atom stereocenters. The van der Waals surface area contributed by atoms with Crippen molar-refractivity contribution >= 4 is 34.3 Å². The molecule has 2 aromatic heterocycles. The van der Waals surface area contributed by atoms with Crippen LogP contribution in [0.3, 0.4) is 0 Å². The molecule has 5 N–H and O–H groups in total. The standard InChI is InChI=1S/C24H31N9OS/c34-21(18-7-2-1-3-8-18)32-22(26-11-4-9-19-15-25-17-30-19)27-12-5-10-20-16-35-24(31-20)33-23-28-13-6-14-29-23/h1-3,7-8,15-17H,4-6,9-14H2,(H,25,30)(H2,26,27,32,34)(H2,28,29,31,33). The minimum atomic E-state index is -0.183. The zero-order valence-corrected chi connectivity index (χ0v) is 20.4. The third-order valence-electron chi connectivity index (χ3n) is 5.27. The van der Waals surface area contributed by atoms with Crippen LogP contribution < -0.4 is 21.3 Å². The van der Waals surface area contributed by atoms with Crippen LogP contribution in [0.2, 0.25) is 0 Å². The third-order valence-corrected chi connectivity index (χ3v) is 6.05. The third kappa shape index (κ3) is 8.21. The molecule has 3 aromatic rings. The monoisotopic (exact) mass is 493 g/mol. The van der Waals surface area contributed by atoms with Crippen LogP contribution in [-0.2, 0) is 12.8 Å². The maximum atomic E-state index is 12.6. The Bertz CT molecular complexity index is 1100. The highest BCUT2D eigenvalue weighted by molar-refractivity contribution is 7.13. The summed E-state index contributed by atoms with van der Waals surface area (Å²) in [4.78, 5) is 33.5. The van der Waals surface area contributed by atoms with E-state index in [0.29, 0.717) is 24.6 Å². The van der Waals surface area contributed by atoms with E-state index < -0.39 is 0 Å². The number of nitrogens with one attached hydrogen (secondary N) is 5. The van der Waals surface area contributed by atoms with E-state index in [9.17, 15) is 4.79 Å². The van der Waals surface area contributed by atoms with Crippen LogP contribution in [-0.4, -0.2) is 59.0 Å². The van der Waals surface area contributed by atoms with Gasteiger partial charge in [0.1, 0.15) is 0 Å². The lowest BCUT2D eigenvalue weighted by Gasteiger charge is -2.16. The lowest BCUT2D eigenvalue weighted by molar-refractivity contribution is 0.0975. The van der Waals surface area contributed by atoms with Crippen LogP contribution in [0, 0.1) is 0 Å². The smallest absolute Gasteiger partial charge is 0.257 e. The summed E-state index contributed by atoms with van der Waals surface area (Å²) in [5.41, 5.74) is 2.61. The summed E-state index contributed by atoms with van der Waals surface area (Å²) in [7, 11) is 0. The first-order valence-electron chi connectivity index (χ1n) is 11.9. The highest BCUT2D eigenvalue weighted by Crippen LogP contribution is 2.19. The zero-order valence-electron chi connectivity index (χ0n) is 19.6. The molecule has 0 unspecified atom stereocenters. The second kappa shape index (κ2) is 13.2. The van der Waals surface area contributed by atoms with E-state index in [2.05, 4.69) is 46.2 Å². The van der Waals surface area contributed by atoms with Gasteiger partial charge in [0.05, 0.1) is 17.7 Å². The Kier molecular flexibility index (Phi) is 9.22. The number of rotatable bonds is 10. The van der Waals surface area contributed by atoms with Gasteiger partial charge in [-0.3, -0.25) is 15.1 Å². The van der Waals surface area contributed by atoms with Gasteiger partial charge in [-0.05, 0) is 44.2 Å². The zero-order chi connectivity index (χ0) is 24.1. The first-order valence-corrected chi connectivity index (χ1v) is 12.8. The number of carbonyl (C=O) groups is 1. The molecule has 0 bridgehead atoms. The lowest BCUT2D eigenvalue weighted by Crippen LogP contribution is -2.43. The molecule has 1 fully saturated rings. The molecule has 1 saturated heterocycles. The maximum absolute atomic E-state index is 12.6. The molecule has 0 saturated carbocycles. The van der Waals surface area contributed by atoms with Gasteiger partial charge in [0.2, 0.25) is 5.13 Å². The van der Waals surface area contributed by atoms with E-state index in [0.717, 1.165) is 67.7 Å². The number of carbonyl (C=O) groups excluding carboxylic acids is 1. The number of aliphatic imine (C=N–C) groups is 2. The van der Waals surface area contributed by atoms with Crippen molar-refractivity contribution in [2.45, 2.75) is 32.1 Å². The number of aryl methyl sites for hydroxylation is 2. The largest absolute Gasteiger partial charge is 0.356 e. The number of benzene rings is 1. The predicted octanol–water partition coefficient (Wildman–Crippen LogP) is 2.38. The second-order valence-corrected chi connectivity index (χ2v) is 8.87. The summed E-state index contributed by atoms with van der Waals surface area (Å²) < 4.78 is 0. The SMILES string of the molecule is O=C(N/C(=N\CCCc1c[nH]cn1)NCCCc1csc(N=C2NCCCN2)n1)c1ccccc1. The maximum Gasteiger partial charge on any atom is 0.257 e. The van der Waals surface area contributed by atoms with Crippen LogP contribution in [0.5, 0.6) is 0 Å². The molecule has 1 amide bonds. The number of H-pyrrole nitrogens is 1. The van der Waals surface area contributed by atoms with Crippen LogP contribution in [0.4, 0.5) is 5.13 Å². The fourth-order valence-corrected chi connectivity index (χ4v) is 4.19. The van der Waals surface area contributed by atoms with Gasteiger partial charge in [-0.2, -0.15) is 4.99 Å². The molecule has 0 spiro atoms. The molecule has 0 radical (unpaired) electrons. The van der Waals surface area contributed by atoms with Gasteiger partial charge in [0, 0.05) is 43.3 Å². The molecule has 1 aromatic carbocycles. The number of nitrogens with zero attached hydrogens (tertiary/aromatic N) is 4. The Balaban J connectivity index is 1.26. The number of amides is 1. The van der Waals surface area contributed by atoms with Crippen molar-refractivity contribution in [3.05, 3.63) is 65.2 Å². The first kappa shape index (κ1) is 24.4. The van der Waals surface area contributed by atoms with E-state index in [4.69, 9.17) is 0 Å². The van der Waals surface area contributed by atoms with E-state index in [1.165, 1.54) is 11.3 Å². The van der Waals surface area contributed by atoms with E-state index in [-0.39, 0.29) is 5.91 Å². The number of aromatic amines is 1. The topological polar surface area (TPSA) is 131 Å². The number of thiazole rings is 1. The Morgan fingerprint density at radius 2 is 1.91 bits per heavy atom. The molecule has 11 heteroatoms. The number of aromatic nitrogens is 3. The van der Waals surface area contributed by atoms with Crippen molar-refractivity contribution in [2.75, 3.05) is 26.2 Å². The first-order chi connectivity index (χ1) is 17.3. The van der Waals surface area contributed by atoms with Crippen LogP contribution >= 0.6 is 11.3 Å². The quantitative estimate of drug-likeness (QED) is 0.167. The fourth-order valence-electron chi connectivity index (χ4n) is 3.47. The van der Waals surface area contributed by atoms with Gasteiger partial charge in [-0.1, -0.05) is 18.2 Å². The van der Waals surface area contributed by atoms with Crippen LogP contribution in [0.25, 0.3) is 0 Å². The van der Waals surface area contributed by atoms with Gasteiger partial charge < -0.3 is 20.9 Å². The predicted molar refractivity (Wildman–Crippen MR) is 139 cm³/mol. The van der Waals surface area contributed by atoms with E-state index >= 15 is 0 Å². The summed E-state index contributed by atoms with van der Waals surface area (Å²) in [6.45, 7) is 3.12. The Morgan fingerprint density at radius 3 is 2.71 bits per heavy atom. The number of hydrogen-bond donors (Lipinski definition) is 5. The molecule has 10 nitrogen and oxygen atoms in total. The molecule has 1 aliphatic heterocycles. The van der Waals surface area contributed by atoms with Crippen molar-refractivity contribution in [3.8, 4) is 0 Å². The van der Waals surface area contributed by atoms with Crippen molar-refractivity contribution in [3.63, 3.8) is 0 Å². The average Bonchev–Trinajstić information content (AvgIpc) is 3.57. The lowest BCUT2D eigenvalue weighted by atomic mass is 10.2. The molecule has 0 aliphatic carbocycles. The molecular formula is C24H31N9OS. The second-order valence-electron chi connectivity index (χ2n) is 8.03. The minimum absolute atomic E-state index is 0.183. The highest BCUT2D eigenvalue weighted by Gasteiger charge is 2.09. The summed E-state index contributed by atoms with van der Waals surface area (Å²) in [6.07, 6.45) is 7.99. The van der Waals surface area contributed by atoms with Gasteiger partial charge in [0.25, 0.3) is 5.91 Å². The normalized spacial score (nSPS) is 13.6. The number of guanidine groups is 2. The van der Waals surface area contributed by atoms with Crippen molar-refractivity contribution < 1.29 is 4.79 Å². The summed E-state index contributed by atoms with van der Waals surface area (Å²) >= 11 is 1.54. The molecule has 1 aliphatic rings. The number of imidazole rings is 1.